The van der Waals surface area contributed by atoms with Crippen LogP contribution >= 0.6 is 0 Å². The lowest BCUT2D eigenvalue weighted by molar-refractivity contribution is -0.111. The molecule has 0 aliphatic rings. The van der Waals surface area contributed by atoms with E-state index >= 15 is 0 Å². The molecule has 0 aliphatic heterocycles. The molecule has 0 spiro atoms. The minimum atomic E-state index is -0.321. The van der Waals surface area contributed by atoms with Crippen molar-refractivity contribution in [2.45, 2.75) is 0 Å². The first-order valence-corrected chi connectivity index (χ1v) is 8.25. The average Bonchev–Trinajstić information content (AvgIpc) is 2.70. The van der Waals surface area contributed by atoms with Crippen LogP contribution in [0.5, 0.6) is 5.75 Å². The van der Waals surface area contributed by atoms with Crippen molar-refractivity contribution in [1.29, 1.82) is 0 Å². The number of benzene rings is 2. The Morgan fingerprint density at radius 3 is 2.52 bits per heavy atom. The smallest absolute Gasteiger partial charge is 0.248 e. The van der Waals surface area contributed by atoms with Gasteiger partial charge < -0.3 is 15.4 Å². The fourth-order valence-electron chi connectivity index (χ4n) is 2.34. The molecule has 3 rings (SSSR count). The summed E-state index contributed by atoms with van der Waals surface area (Å²) in [4.78, 5) is 16.5. The van der Waals surface area contributed by atoms with E-state index in [1.807, 2.05) is 24.3 Å². The van der Waals surface area contributed by atoms with E-state index in [9.17, 15) is 9.18 Å². The second-order valence-electron chi connectivity index (χ2n) is 5.63. The van der Waals surface area contributed by atoms with Crippen LogP contribution < -0.4 is 15.4 Å². The van der Waals surface area contributed by atoms with Gasteiger partial charge >= 0.3 is 0 Å². The number of pyridine rings is 1. The van der Waals surface area contributed by atoms with Crippen LogP contribution in [0, 0.1) is 5.82 Å². The van der Waals surface area contributed by atoms with Gasteiger partial charge in [-0.1, -0.05) is 12.1 Å². The SMILES string of the molecule is COc1ccc(/C=C/C(=O)Nc2cccnc2Nc2ccc(F)cc2)cc1. The van der Waals surface area contributed by atoms with Gasteiger partial charge in [0, 0.05) is 18.0 Å². The summed E-state index contributed by atoms with van der Waals surface area (Å²) in [6.07, 6.45) is 4.75. The number of aromatic nitrogens is 1. The molecule has 0 atom stereocenters. The normalized spacial score (nSPS) is 10.6. The molecule has 27 heavy (non-hydrogen) atoms. The van der Waals surface area contributed by atoms with Crippen LogP contribution in [-0.2, 0) is 4.79 Å². The minimum absolute atomic E-state index is 0.291. The Labute approximate surface area is 156 Å². The summed E-state index contributed by atoms with van der Waals surface area (Å²) in [5, 5.41) is 5.85. The second kappa shape index (κ2) is 8.62. The summed E-state index contributed by atoms with van der Waals surface area (Å²) in [6, 6.07) is 16.7. The van der Waals surface area contributed by atoms with Crippen molar-refractivity contribution in [2.24, 2.45) is 0 Å². The van der Waals surface area contributed by atoms with Crippen molar-refractivity contribution < 1.29 is 13.9 Å². The first kappa shape index (κ1) is 18.1. The molecule has 0 radical (unpaired) electrons. The summed E-state index contributed by atoms with van der Waals surface area (Å²) in [5.74, 6) is 0.610. The number of ether oxygens (including phenoxy) is 1. The van der Waals surface area contributed by atoms with E-state index in [1.165, 1.54) is 18.2 Å². The van der Waals surface area contributed by atoms with Crippen LogP contribution in [0.3, 0.4) is 0 Å². The molecule has 1 aromatic heterocycles. The van der Waals surface area contributed by atoms with Crippen LogP contribution in [0.25, 0.3) is 6.08 Å². The van der Waals surface area contributed by atoms with Crippen molar-refractivity contribution in [3.63, 3.8) is 0 Å². The van der Waals surface area contributed by atoms with Crippen LogP contribution in [0.4, 0.5) is 21.6 Å². The molecule has 0 saturated heterocycles. The monoisotopic (exact) mass is 363 g/mol. The molecule has 6 heteroatoms. The molecule has 0 fully saturated rings. The van der Waals surface area contributed by atoms with Gasteiger partial charge in [-0.3, -0.25) is 4.79 Å². The molecule has 2 N–H and O–H groups in total. The lowest BCUT2D eigenvalue weighted by Gasteiger charge is -2.11. The average molecular weight is 363 g/mol. The molecule has 0 unspecified atom stereocenters. The number of methoxy groups -OCH3 is 1. The van der Waals surface area contributed by atoms with Gasteiger partial charge in [0.1, 0.15) is 11.6 Å². The molecule has 136 valence electrons. The van der Waals surface area contributed by atoms with Gasteiger partial charge in [0.2, 0.25) is 5.91 Å². The van der Waals surface area contributed by atoms with Crippen molar-refractivity contribution in [2.75, 3.05) is 17.7 Å². The third-order valence-electron chi connectivity index (χ3n) is 3.72. The van der Waals surface area contributed by atoms with E-state index in [1.54, 1.807) is 43.6 Å². The van der Waals surface area contributed by atoms with Crippen molar-refractivity contribution in [1.82, 2.24) is 4.98 Å². The maximum atomic E-state index is 13.0. The number of carbonyl (C=O) groups is 1. The summed E-state index contributed by atoms with van der Waals surface area (Å²) in [7, 11) is 1.60. The standard InChI is InChI=1S/C21H18FN3O2/c1-27-18-11-4-15(5-12-18)6-13-20(26)25-19-3-2-14-23-21(19)24-17-9-7-16(22)8-10-17/h2-14H,1H3,(H,23,24)(H,25,26)/b13-6+. The number of hydrogen-bond acceptors (Lipinski definition) is 4. The number of nitrogens with one attached hydrogen (secondary N) is 2. The third kappa shape index (κ3) is 5.15. The zero-order valence-corrected chi connectivity index (χ0v) is 14.6. The molecular formula is C21H18FN3O2. The lowest BCUT2D eigenvalue weighted by atomic mass is 10.2. The molecule has 2 aromatic carbocycles. The summed E-state index contributed by atoms with van der Waals surface area (Å²) >= 11 is 0. The Hall–Kier alpha value is -3.67. The number of rotatable bonds is 6. The molecule has 0 bridgehead atoms. The maximum Gasteiger partial charge on any atom is 0.248 e. The summed E-state index contributed by atoms with van der Waals surface area (Å²) in [5.41, 5.74) is 2.06. The zero-order chi connectivity index (χ0) is 19.1. The predicted molar refractivity (Wildman–Crippen MR) is 105 cm³/mol. The first-order chi connectivity index (χ1) is 13.1. The minimum Gasteiger partial charge on any atom is -0.497 e. The van der Waals surface area contributed by atoms with E-state index in [2.05, 4.69) is 15.6 Å². The van der Waals surface area contributed by atoms with Crippen LogP contribution in [0.1, 0.15) is 5.56 Å². The summed E-state index contributed by atoms with van der Waals surface area (Å²) in [6.45, 7) is 0. The molecular weight excluding hydrogens is 345 g/mol. The van der Waals surface area contributed by atoms with Gasteiger partial charge in [0.05, 0.1) is 12.8 Å². The van der Waals surface area contributed by atoms with Crippen molar-refractivity contribution in [3.05, 3.63) is 84.3 Å². The number of carbonyl (C=O) groups excluding carboxylic acids is 1. The number of anilines is 3. The predicted octanol–water partition coefficient (Wildman–Crippen LogP) is 4.62. The maximum absolute atomic E-state index is 13.0. The van der Waals surface area contributed by atoms with E-state index < -0.39 is 0 Å². The fourth-order valence-corrected chi connectivity index (χ4v) is 2.34. The van der Waals surface area contributed by atoms with E-state index in [4.69, 9.17) is 4.74 Å². The van der Waals surface area contributed by atoms with Gasteiger partial charge in [-0.05, 0) is 60.2 Å². The van der Waals surface area contributed by atoms with Crippen LogP contribution in [-0.4, -0.2) is 18.0 Å². The molecule has 0 aliphatic carbocycles. The largest absolute Gasteiger partial charge is 0.497 e. The fraction of sp³-hybridized carbons (Fsp3) is 0.0476. The van der Waals surface area contributed by atoms with Gasteiger partial charge in [-0.2, -0.15) is 0 Å². The van der Waals surface area contributed by atoms with Gasteiger partial charge in [-0.15, -0.1) is 0 Å². The van der Waals surface area contributed by atoms with Gasteiger partial charge in [0.25, 0.3) is 0 Å². The highest BCUT2D eigenvalue weighted by atomic mass is 19.1. The van der Waals surface area contributed by atoms with E-state index in [0.29, 0.717) is 17.2 Å². The molecule has 5 nitrogen and oxygen atoms in total. The molecule has 3 aromatic rings. The van der Waals surface area contributed by atoms with Gasteiger partial charge in [-0.25, -0.2) is 9.37 Å². The molecule has 1 amide bonds. The number of nitrogens with zero attached hydrogens (tertiary/aromatic N) is 1. The second-order valence-corrected chi connectivity index (χ2v) is 5.63. The number of hydrogen-bond donors (Lipinski definition) is 2. The van der Waals surface area contributed by atoms with E-state index in [-0.39, 0.29) is 11.7 Å². The Kier molecular flexibility index (Phi) is 5.79. The molecule has 1 heterocycles. The highest BCUT2D eigenvalue weighted by Gasteiger charge is 2.06. The topological polar surface area (TPSA) is 63.2 Å². The van der Waals surface area contributed by atoms with Crippen molar-refractivity contribution >= 4 is 29.2 Å². The molecule has 0 saturated carbocycles. The highest BCUT2D eigenvalue weighted by Crippen LogP contribution is 2.23. The van der Waals surface area contributed by atoms with Crippen LogP contribution in [0.15, 0.2) is 72.9 Å². The van der Waals surface area contributed by atoms with E-state index in [0.717, 1.165) is 11.3 Å². The van der Waals surface area contributed by atoms with Gasteiger partial charge in [0.15, 0.2) is 5.82 Å². The summed E-state index contributed by atoms with van der Waals surface area (Å²) < 4.78 is 18.1. The number of halogens is 1. The lowest BCUT2D eigenvalue weighted by Crippen LogP contribution is -2.10. The zero-order valence-electron chi connectivity index (χ0n) is 14.6. The Bertz CT molecular complexity index is 938. The van der Waals surface area contributed by atoms with Crippen molar-refractivity contribution in [3.8, 4) is 5.75 Å². The Balaban J connectivity index is 1.68. The Morgan fingerprint density at radius 2 is 1.81 bits per heavy atom. The van der Waals surface area contributed by atoms with Crippen LogP contribution in [0.2, 0.25) is 0 Å². The quantitative estimate of drug-likeness (QED) is 0.627. The first-order valence-electron chi connectivity index (χ1n) is 8.25. The highest BCUT2D eigenvalue weighted by molar-refractivity contribution is 6.03. The third-order valence-corrected chi connectivity index (χ3v) is 3.72. The number of amides is 1. The Morgan fingerprint density at radius 1 is 1.07 bits per heavy atom.